The number of halogens is 1. The fourth-order valence-electron chi connectivity index (χ4n) is 4.74. The van der Waals surface area contributed by atoms with Crippen molar-refractivity contribution in [3.8, 4) is 5.75 Å². The second-order valence-electron chi connectivity index (χ2n) is 8.04. The van der Waals surface area contributed by atoms with Crippen LogP contribution >= 0.6 is 0 Å². The van der Waals surface area contributed by atoms with Gasteiger partial charge in [-0.25, -0.2) is 4.39 Å². The summed E-state index contributed by atoms with van der Waals surface area (Å²) in [5.41, 5.74) is 2.99. The molecule has 3 heterocycles. The zero-order valence-electron chi connectivity index (χ0n) is 16.6. The Kier molecular flexibility index (Phi) is 4.70. The average molecular weight is 392 g/mol. The first-order chi connectivity index (χ1) is 14.2. The minimum atomic E-state index is -0.101. The minimum absolute atomic E-state index is 0.101. The number of aromatic nitrogens is 1. The van der Waals surface area contributed by atoms with Crippen LogP contribution in [0.2, 0.25) is 0 Å². The molecule has 5 rings (SSSR count). The van der Waals surface area contributed by atoms with Gasteiger partial charge in [0.25, 0.3) is 0 Å². The van der Waals surface area contributed by atoms with E-state index in [2.05, 4.69) is 20.1 Å². The molecule has 6 heteroatoms. The van der Waals surface area contributed by atoms with E-state index >= 15 is 4.39 Å². The van der Waals surface area contributed by atoms with Crippen molar-refractivity contribution in [1.82, 2.24) is 4.98 Å². The molecule has 0 spiro atoms. The molecule has 3 aliphatic rings. The first-order valence-corrected chi connectivity index (χ1v) is 10.3. The number of hydrogen-bond donors (Lipinski definition) is 1. The zero-order valence-corrected chi connectivity index (χ0v) is 16.6. The molecule has 1 aliphatic carbocycles. The molecule has 0 saturated heterocycles. The average Bonchev–Trinajstić information content (AvgIpc) is 3.08. The highest BCUT2D eigenvalue weighted by molar-refractivity contribution is 5.72. The van der Waals surface area contributed by atoms with Gasteiger partial charge in [0, 0.05) is 24.7 Å². The monoisotopic (exact) mass is 392 g/mol. The summed E-state index contributed by atoms with van der Waals surface area (Å²) in [6, 6.07) is 9.95. The van der Waals surface area contributed by atoms with E-state index in [0.29, 0.717) is 13.1 Å². The highest BCUT2D eigenvalue weighted by Gasteiger charge is 2.30. The van der Waals surface area contributed by atoms with Gasteiger partial charge in [0.05, 0.1) is 35.2 Å². The molecule has 0 atom stereocenters. The smallest absolute Gasteiger partial charge is 0.126 e. The number of azo groups is 1. The SMILES string of the molecule is CN1CC=C(F)C([C@H]2CC[C@H](Oc3ccccc3)CC2)=c2[nH]c3c(c21)CN=NC=3. The van der Waals surface area contributed by atoms with Crippen LogP contribution in [0.5, 0.6) is 5.75 Å². The number of nitrogens with one attached hydrogen (secondary N) is 1. The van der Waals surface area contributed by atoms with Crippen LogP contribution in [0.15, 0.2) is 52.5 Å². The Balaban J connectivity index is 1.46. The predicted molar refractivity (Wildman–Crippen MR) is 112 cm³/mol. The maximum Gasteiger partial charge on any atom is 0.126 e. The van der Waals surface area contributed by atoms with Crippen LogP contribution in [-0.2, 0) is 6.54 Å². The number of ether oxygens (including phenoxy) is 1. The first-order valence-electron chi connectivity index (χ1n) is 10.3. The minimum Gasteiger partial charge on any atom is -0.490 e. The number of anilines is 1. The third kappa shape index (κ3) is 3.37. The Morgan fingerprint density at radius 1 is 1.14 bits per heavy atom. The molecule has 1 aromatic carbocycles. The molecule has 0 unspecified atom stereocenters. The summed E-state index contributed by atoms with van der Waals surface area (Å²) in [4.78, 5) is 5.56. The second-order valence-corrected chi connectivity index (χ2v) is 8.04. The number of likely N-dealkylation sites (N-methyl/N-ethyl adjacent to an activating group) is 1. The van der Waals surface area contributed by atoms with E-state index < -0.39 is 0 Å². The van der Waals surface area contributed by atoms with Gasteiger partial charge < -0.3 is 14.6 Å². The molecule has 150 valence electrons. The number of nitrogens with zero attached hydrogens (tertiary/aromatic N) is 3. The van der Waals surface area contributed by atoms with E-state index in [4.69, 9.17) is 4.74 Å². The third-order valence-electron chi connectivity index (χ3n) is 6.19. The van der Waals surface area contributed by atoms with Crippen LogP contribution in [0.1, 0.15) is 31.2 Å². The Bertz CT molecular complexity index is 1080. The maximum absolute atomic E-state index is 15.2. The van der Waals surface area contributed by atoms with Crippen molar-refractivity contribution < 1.29 is 9.13 Å². The predicted octanol–water partition coefficient (Wildman–Crippen LogP) is 3.81. The number of benzene rings is 1. The fourth-order valence-corrected chi connectivity index (χ4v) is 4.74. The Morgan fingerprint density at radius 3 is 2.72 bits per heavy atom. The van der Waals surface area contributed by atoms with Crippen LogP contribution in [0.4, 0.5) is 10.1 Å². The van der Waals surface area contributed by atoms with Crippen LogP contribution in [0.25, 0.3) is 11.8 Å². The molecule has 29 heavy (non-hydrogen) atoms. The van der Waals surface area contributed by atoms with E-state index in [1.165, 1.54) is 0 Å². The van der Waals surface area contributed by atoms with Crippen LogP contribution < -0.4 is 20.3 Å². The third-order valence-corrected chi connectivity index (χ3v) is 6.19. The number of fused-ring (bicyclic) bond motifs is 3. The molecule has 1 fully saturated rings. The molecule has 0 amide bonds. The van der Waals surface area contributed by atoms with Gasteiger partial charge in [-0.3, -0.25) is 0 Å². The molecular formula is C23H25FN4O. The number of para-hydroxylation sites is 1. The van der Waals surface area contributed by atoms with Crippen LogP contribution in [0.3, 0.4) is 0 Å². The van der Waals surface area contributed by atoms with Crippen molar-refractivity contribution in [1.29, 1.82) is 0 Å². The van der Waals surface area contributed by atoms with Crippen molar-refractivity contribution in [2.45, 2.75) is 38.3 Å². The molecule has 1 aromatic heterocycles. The first kappa shape index (κ1) is 18.2. The zero-order chi connectivity index (χ0) is 19.8. The Labute approximate surface area is 169 Å². The van der Waals surface area contributed by atoms with Gasteiger partial charge in [-0.15, -0.1) is 0 Å². The highest BCUT2D eigenvalue weighted by atomic mass is 19.1. The largest absolute Gasteiger partial charge is 0.490 e. The van der Waals surface area contributed by atoms with Gasteiger partial charge >= 0.3 is 0 Å². The van der Waals surface area contributed by atoms with Crippen molar-refractivity contribution >= 4 is 17.5 Å². The summed E-state index contributed by atoms with van der Waals surface area (Å²) in [5.74, 6) is 0.991. The molecule has 2 aromatic rings. The van der Waals surface area contributed by atoms with Gasteiger partial charge in [0.2, 0.25) is 0 Å². The number of H-pyrrole nitrogens is 1. The highest BCUT2D eigenvalue weighted by Crippen LogP contribution is 2.37. The normalized spacial score (nSPS) is 23.6. The molecule has 0 radical (unpaired) electrons. The van der Waals surface area contributed by atoms with Gasteiger partial charge in [0.15, 0.2) is 0 Å². The summed E-state index contributed by atoms with van der Waals surface area (Å²) in [6.45, 7) is 1.09. The summed E-state index contributed by atoms with van der Waals surface area (Å²) >= 11 is 0. The van der Waals surface area contributed by atoms with Crippen molar-refractivity contribution in [2.24, 2.45) is 16.1 Å². The maximum atomic E-state index is 15.2. The lowest BCUT2D eigenvalue weighted by atomic mass is 9.81. The van der Waals surface area contributed by atoms with Gasteiger partial charge in [-0.05, 0) is 49.8 Å². The van der Waals surface area contributed by atoms with E-state index in [9.17, 15) is 0 Å². The quantitative estimate of drug-likeness (QED) is 0.864. The Morgan fingerprint density at radius 2 is 1.93 bits per heavy atom. The lowest BCUT2D eigenvalue weighted by Crippen LogP contribution is -2.28. The van der Waals surface area contributed by atoms with Crippen molar-refractivity contribution in [3.05, 3.63) is 58.5 Å². The lowest BCUT2D eigenvalue weighted by Gasteiger charge is -2.30. The summed E-state index contributed by atoms with van der Waals surface area (Å²) in [6.07, 6.45) is 7.33. The van der Waals surface area contributed by atoms with Gasteiger partial charge in [-0.2, -0.15) is 10.2 Å². The molecule has 2 aliphatic heterocycles. The van der Waals surface area contributed by atoms with Crippen molar-refractivity contribution in [2.75, 3.05) is 18.5 Å². The summed E-state index contributed by atoms with van der Waals surface area (Å²) in [5, 5.41) is 10.0. The van der Waals surface area contributed by atoms with E-state index in [-0.39, 0.29) is 17.8 Å². The summed E-state index contributed by atoms with van der Waals surface area (Å²) in [7, 11) is 2.01. The van der Waals surface area contributed by atoms with E-state index in [0.717, 1.165) is 59.0 Å². The molecular weight excluding hydrogens is 367 g/mol. The van der Waals surface area contributed by atoms with Crippen molar-refractivity contribution in [3.63, 3.8) is 0 Å². The van der Waals surface area contributed by atoms with Crippen LogP contribution in [-0.4, -0.2) is 24.7 Å². The topological polar surface area (TPSA) is 53.0 Å². The molecule has 1 N–H and O–H groups in total. The number of aromatic amines is 1. The van der Waals surface area contributed by atoms with Gasteiger partial charge in [0.1, 0.15) is 11.6 Å². The number of allylic oxidation sites excluding steroid dienone is 1. The molecule has 0 bridgehead atoms. The molecule has 1 saturated carbocycles. The van der Waals surface area contributed by atoms with E-state index in [1.54, 1.807) is 12.3 Å². The Hall–Kier alpha value is -2.89. The standard InChI is InChI=1S/C23H25FN4O/c1-28-12-11-19(24)21(22-23(28)18-13-25-26-14-20(18)27-22)15-7-9-17(10-8-15)29-16-5-3-2-4-6-16/h2-6,11,14-15,17,27H,7-10,12-13H2,1H3/t15-,17-. The number of hydrogen-bond acceptors (Lipinski definition) is 4. The fraction of sp³-hybridized carbons (Fsp3) is 0.391. The van der Waals surface area contributed by atoms with Gasteiger partial charge in [-0.1, -0.05) is 18.2 Å². The lowest BCUT2D eigenvalue weighted by molar-refractivity contribution is 0.142. The van der Waals surface area contributed by atoms with Crippen LogP contribution in [0, 0.1) is 5.92 Å². The summed E-state index contributed by atoms with van der Waals surface area (Å²) < 4.78 is 21.4. The van der Waals surface area contributed by atoms with E-state index in [1.807, 2.05) is 37.4 Å². The number of rotatable bonds is 3. The molecule has 5 nitrogen and oxygen atoms in total. The second kappa shape index (κ2) is 7.50.